The molecule has 1 atom stereocenters. The number of carbonyl (C=O) groups is 1. The molecular weight excluding hydrogens is 302 g/mol. The SMILES string of the molecule is Cc1cc([C@@H]2CCCN2C(=O)Cn2cc(C)c3ccccc32)no1. The molecule has 2 aromatic heterocycles. The number of aryl methyl sites for hydroxylation is 2. The van der Waals surface area contributed by atoms with Crippen molar-refractivity contribution in [2.45, 2.75) is 39.3 Å². The number of fused-ring (bicyclic) bond motifs is 1. The molecule has 0 bridgehead atoms. The van der Waals surface area contributed by atoms with Crippen LogP contribution in [0.2, 0.25) is 0 Å². The van der Waals surface area contributed by atoms with Gasteiger partial charge in [0, 0.05) is 29.7 Å². The van der Waals surface area contributed by atoms with E-state index in [1.165, 1.54) is 10.9 Å². The third kappa shape index (κ3) is 2.50. The van der Waals surface area contributed by atoms with Gasteiger partial charge >= 0.3 is 0 Å². The molecular formula is C19H21N3O2. The molecule has 0 aliphatic carbocycles. The number of aromatic nitrogens is 2. The number of benzene rings is 1. The fourth-order valence-electron chi connectivity index (χ4n) is 3.71. The van der Waals surface area contributed by atoms with Crippen molar-refractivity contribution < 1.29 is 9.32 Å². The van der Waals surface area contributed by atoms with Crippen LogP contribution in [0.1, 0.15) is 35.9 Å². The Labute approximate surface area is 140 Å². The second-order valence-electron chi connectivity index (χ2n) is 6.56. The van der Waals surface area contributed by atoms with Gasteiger partial charge in [0.25, 0.3) is 0 Å². The molecule has 4 rings (SSSR count). The lowest BCUT2D eigenvalue weighted by molar-refractivity contribution is -0.132. The second-order valence-corrected chi connectivity index (χ2v) is 6.56. The zero-order valence-electron chi connectivity index (χ0n) is 14.0. The molecule has 1 aromatic carbocycles. The Morgan fingerprint density at radius 2 is 2.17 bits per heavy atom. The van der Waals surface area contributed by atoms with Crippen molar-refractivity contribution in [2.24, 2.45) is 0 Å². The summed E-state index contributed by atoms with van der Waals surface area (Å²) < 4.78 is 7.24. The third-order valence-electron chi connectivity index (χ3n) is 4.85. The van der Waals surface area contributed by atoms with E-state index in [9.17, 15) is 4.79 Å². The van der Waals surface area contributed by atoms with Crippen LogP contribution in [0, 0.1) is 13.8 Å². The van der Waals surface area contributed by atoms with E-state index >= 15 is 0 Å². The Morgan fingerprint density at radius 1 is 1.33 bits per heavy atom. The number of amides is 1. The van der Waals surface area contributed by atoms with Crippen molar-refractivity contribution in [1.29, 1.82) is 0 Å². The van der Waals surface area contributed by atoms with Crippen molar-refractivity contribution in [3.63, 3.8) is 0 Å². The average molecular weight is 323 g/mol. The van der Waals surface area contributed by atoms with Gasteiger partial charge in [-0.1, -0.05) is 23.4 Å². The second kappa shape index (κ2) is 5.82. The summed E-state index contributed by atoms with van der Waals surface area (Å²) in [7, 11) is 0. The van der Waals surface area contributed by atoms with Crippen LogP contribution in [0.4, 0.5) is 0 Å². The van der Waals surface area contributed by atoms with Crippen LogP contribution in [0.5, 0.6) is 0 Å². The Kier molecular flexibility index (Phi) is 3.63. The van der Waals surface area contributed by atoms with E-state index in [4.69, 9.17) is 4.52 Å². The lowest BCUT2D eigenvalue weighted by Crippen LogP contribution is -2.33. The van der Waals surface area contributed by atoms with Crippen molar-refractivity contribution in [3.8, 4) is 0 Å². The first-order valence-corrected chi connectivity index (χ1v) is 8.40. The molecule has 0 unspecified atom stereocenters. The first-order valence-electron chi connectivity index (χ1n) is 8.40. The van der Waals surface area contributed by atoms with Crippen LogP contribution in [-0.2, 0) is 11.3 Å². The highest BCUT2D eigenvalue weighted by molar-refractivity contribution is 5.86. The smallest absolute Gasteiger partial charge is 0.243 e. The first kappa shape index (κ1) is 15.0. The molecule has 5 nitrogen and oxygen atoms in total. The van der Waals surface area contributed by atoms with Crippen molar-refractivity contribution in [3.05, 3.63) is 53.5 Å². The molecule has 0 radical (unpaired) electrons. The standard InChI is InChI=1S/C19H21N3O2/c1-13-11-21(17-7-4-3-6-15(13)17)12-19(23)22-9-5-8-18(22)16-10-14(2)24-20-16/h3-4,6-7,10-11,18H,5,8-9,12H2,1-2H3/t18-/m0/s1. The Morgan fingerprint density at radius 3 is 2.96 bits per heavy atom. The number of hydrogen-bond donors (Lipinski definition) is 0. The van der Waals surface area contributed by atoms with Gasteiger partial charge in [-0.25, -0.2) is 0 Å². The molecule has 1 aliphatic heterocycles. The maximum Gasteiger partial charge on any atom is 0.243 e. The monoisotopic (exact) mass is 323 g/mol. The summed E-state index contributed by atoms with van der Waals surface area (Å²) in [6.45, 7) is 5.11. The summed E-state index contributed by atoms with van der Waals surface area (Å²) in [6.07, 6.45) is 4.02. The van der Waals surface area contributed by atoms with E-state index < -0.39 is 0 Å². The zero-order valence-corrected chi connectivity index (χ0v) is 14.0. The van der Waals surface area contributed by atoms with Gasteiger partial charge in [0.1, 0.15) is 18.0 Å². The molecule has 124 valence electrons. The summed E-state index contributed by atoms with van der Waals surface area (Å²) in [5.41, 5.74) is 3.17. The lowest BCUT2D eigenvalue weighted by Gasteiger charge is -2.23. The third-order valence-corrected chi connectivity index (χ3v) is 4.85. The van der Waals surface area contributed by atoms with Gasteiger partial charge in [-0.05, 0) is 38.3 Å². The Hall–Kier alpha value is -2.56. The number of rotatable bonds is 3. The predicted molar refractivity (Wildman–Crippen MR) is 91.6 cm³/mol. The molecule has 5 heteroatoms. The van der Waals surface area contributed by atoms with E-state index in [1.54, 1.807) is 0 Å². The molecule has 0 saturated carbocycles. The molecule has 24 heavy (non-hydrogen) atoms. The van der Waals surface area contributed by atoms with Crippen LogP contribution in [0.25, 0.3) is 10.9 Å². The fraction of sp³-hybridized carbons (Fsp3) is 0.368. The summed E-state index contributed by atoms with van der Waals surface area (Å²) in [4.78, 5) is 14.9. The number of carbonyl (C=O) groups excluding carboxylic acids is 1. The van der Waals surface area contributed by atoms with E-state index in [0.29, 0.717) is 6.54 Å². The molecule has 3 aromatic rings. The molecule has 0 spiro atoms. The first-order chi connectivity index (χ1) is 11.6. The van der Waals surface area contributed by atoms with E-state index in [2.05, 4.69) is 35.0 Å². The number of likely N-dealkylation sites (tertiary alicyclic amines) is 1. The predicted octanol–water partition coefficient (Wildman–Crippen LogP) is 3.61. The van der Waals surface area contributed by atoms with Crippen LogP contribution in [0.3, 0.4) is 0 Å². The van der Waals surface area contributed by atoms with Crippen molar-refractivity contribution in [1.82, 2.24) is 14.6 Å². The molecule has 1 amide bonds. The van der Waals surface area contributed by atoms with Crippen molar-refractivity contribution >= 4 is 16.8 Å². The largest absolute Gasteiger partial charge is 0.361 e. The summed E-state index contributed by atoms with van der Waals surface area (Å²) in [6, 6.07) is 10.2. The number of para-hydroxylation sites is 1. The van der Waals surface area contributed by atoms with Gasteiger partial charge < -0.3 is 14.0 Å². The van der Waals surface area contributed by atoms with E-state index in [-0.39, 0.29) is 11.9 Å². The van der Waals surface area contributed by atoms with Gasteiger partial charge in [-0.3, -0.25) is 4.79 Å². The highest BCUT2D eigenvalue weighted by atomic mass is 16.5. The van der Waals surface area contributed by atoms with Gasteiger partial charge in [0.2, 0.25) is 5.91 Å². The minimum absolute atomic E-state index is 0.0397. The maximum atomic E-state index is 12.9. The molecule has 1 aliphatic rings. The molecule has 1 saturated heterocycles. The minimum Gasteiger partial charge on any atom is -0.361 e. The van der Waals surface area contributed by atoms with Crippen LogP contribution in [0.15, 0.2) is 41.1 Å². The van der Waals surface area contributed by atoms with Crippen LogP contribution < -0.4 is 0 Å². The molecule has 3 heterocycles. The Balaban J connectivity index is 1.59. The topological polar surface area (TPSA) is 51.3 Å². The number of hydrogen-bond acceptors (Lipinski definition) is 3. The maximum absolute atomic E-state index is 12.9. The average Bonchev–Trinajstić information content (AvgIpc) is 3.28. The van der Waals surface area contributed by atoms with E-state index in [1.807, 2.05) is 30.0 Å². The van der Waals surface area contributed by atoms with Crippen LogP contribution >= 0.6 is 0 Å². The normalized spacial score (nSPS) is 17.8. The van der Waals surface area contributed by atoms with Gasteiger partial charge in [-0.15, -0.1) is 0 Å². The molecule has 0 N–H and O–H groups in total. The van der Waals surface area contributed by atoms with Gasteiger partial charge in [0.05, 0.1) is 6.04 Å². The highest BCUT2D eigenvalue weighted by Gasteiger charge is 2.32. The highest BCUT2D eigenvalue weighted by Crippen LogP contribution is 2.32. The van der Waals surface area contributed by atoms with Gasteiger partial charge in [0.15, 0.2) is 0 Å². The lowest BCUT2D eigenvalue weighted by atomic mass is 10.1. The van der Waals surface area contributed by atoms with Gasteiger partial charge in [-0.2, -0.15) is 0 Å². The minimum atomic E-state index is 0.0397. The zero-order chi connectivity index (χ0) is 16.7. The summed E-state index contributed by atoms with van der Waals surface area (Å²) >= 11 is 0. The summed E-state index contributed by atoms with van der Waals surface area (Å²) in [5.74, 6) is 0.926. The summed E-state index contributed by atoms with van der Waals surface area (Å²) in [5, 5.41) is 5.32. The fourth-order valence-corrected chi connectivity index (χ4v) is 3.71. The quantitative estimate of drug-likeness (QED) is 0.740. The van der Waals surface area contributed by atoms with Crippen LogP contribution in [-0.4, -0.2) is 27.1 Å². The number of nitrogens with zero attached hydrogens (tertiary/aromatic N) is 3. The molecule has 1 fully saturated rings. The Bertz CT molecular complexity index is 893. The van der Waals surface area contributed by atoms with E-state index in [0.717, 1.165) is 36.4 Å². The van der Waals surface area contributed by atoms with Crippen molar-refractivity contribution in [2.75, 3.05) is 6.54 Å².